The van der Waals surface area contributed by atoms with Crippen molar-refractivity contribution in [1.82, 2.24) is 19.6 Å². The molecule has 1 aromatic carbocycles. The van der Waals surface area contributed by atoms with E-state index in [0.29, 0.717) is 6.54 Å². The van der Waals surface area contributed by atoms with Gasteiger partial charge in [0.2, 0.25) is 0 Å². The molecule has 0 bridgehead atoms. The number of hydrogen-bond acceptors (Lipinski definition) is 4. The number of aromatic nitrogens is 2. The number of aliphatic hydroxyl groups excluding tert-OH is 1. The summed E-state index contributed by atoms with van der Waals surface area (Å²) in [4.78, 5) is 4.57. The van der Waals surface area contributed by atoms with Gasteiger partial charge in [-0.05, 0) is 51.0 Å². The monoisotopic (exact) mass is 342 g/mol. The molecule has 1 saturated heterocycles. The van der Waals surface area contributed by atoms with Crippen molar-refractivity contribution in [1.29, 1.82) is 0 Å². The fourth-order valence-electron chi connectivity index (χ4n) is 3.50. The summed E-state index contributed by atoms with van der Waals surface area (Å²) in [5.74, 6) is 0.831. The number of hydrogen-bond donors (Lipinski definition) is 1. The van der Waals surface area contributed by atoms with Crippen LogP contribution in [0.15, 0.2) is 42.7 Å². The van der Waals surface area contributed by atoms with Gasteiger partial charge in [-0.25, -0.2) is 4.68 Å². The molecule has 0 radical (unpaired) electrons. The third kappa shape index (κ3) is 5.39. The quantitative estimate of drug-likeness (QED) is 0.839. The third-order valence-electron chi connectivity index (χ3n) is 4.98. The number of piperidine rings is 1. The average molecular weight is 342 g/mol. The van der Waals surface area contributed by atoms with Crippen molar-refractivity contribution in [3.8, 4) is 5.69 Å². The van der Waals surface area contributed by atoms with Gasteiger partial charge in [0.05, 0.1) is 18.0 Å². The van der Waals surface area contributed by atoms with Crippen LogP contribution in [-0.2, 0) is 6.54 Å². The molecule has 1 fully saturated rings. The van der Waals surface area contributed by atoms with Crippen LogP contribution < -0.4 is 0 Å². The van der Waals surface area contributed by atoms with E-state index in [0.717, 1.165) is 43.3 Å². The SMILES string of the molecule is CC1CCN(CC(O)CN(C)Cc2cnn(-c3ccccc3)c2)CC1. The summed E-state index contributed by atoms with van der Waals surface area (Å²) < 4.78 is 1.90. The maximum absolute atomic E-state index is 10.4. The second-order valence-electron chi connectivity index (χ2n) is 7.46. The average Bonchev–Trinajstić information content (AvgIpc) is 3.06. The summed E-state index contributed by atoms with van der Waals surface area (Å²) in [6, 6.07) is 10.1. The van der Waals surface area contributed by atoms with Gasteiger partial charge in [-0.1, -0.05) is 25.1 Å². The zero-order valence-corrected chi connectivity index (χ0v) is 15.4. The number of rotatable bonds is 7. The number of benzene rings is 1. The van der Waals surface area contributed by atoms with Gasteiger partial charge >= 0.3 is 0 Å². The molecule has 1 aliphatic heterocycles. The second kappa shape index (κ2) is 8.61. The van der Waals surface area contributed by atoms with Crippen molar-refractivity contribution in [3.05, 3.63) is 48.3 Å². The highest BCUT2D eigenvalue weighted by Gasteiger charge is 2.19. The third-order valence-corrected chi connectivity index (χ3v) is 4.98. The lowest BCUT2D eigenvalue weighted by atomic mass is 9.99. The van der Waals surface area contributed by atoms with Crippen molar-refractivity contribution < 1.29 is 5.11 Å². The Bertz CT molecular complexity index is 634. The number of likely N-dealkylation sites (N-methyl/N-ethyl adjacent to an activating group) is 1. The lowest BCUT2D eigenvalue weighted by Crippen LogP contribution is -2.42. The Hall–Kier alpha value is -1.69. The first kappa shape index (κ1) is 18.1. The summed E-state index contributed by atoms with van der Waals surface area (Å²) in [6.07, 6.45) is 6.16. The van der Waals surface area contributed by atoms with E-state index in [1.165, 1.54) is 12.8 Å². The predicted octanol–water partition coefficient (Wildman–Crippen LogP) is 2.40. The molecule has 1 N–H and O–H groups in total. The molecule has 3 rings (SSSR count). The molecule has 1 unspecified atom stereocenters. The molecule has 136 valence electrons. The molecule has 0 saturated carbocycles. The topological polar surface area (TPSA) is 44.5 Å². The van der Waals surface area contributed by atoms with E-state index in [1.54, 1.807) is 0 Å². The van der Waals surface area contributed by atoms with Crippen LogP contribution in [0.2, 0.25) is 0 Å². The van der Waals surface area contributed by atoms with Crippen molar-refractivity contribution in [2.75, 3.05) is 33.2 Å². The molecule has 2 heterocycles. The van der Waals surface area contributed by atoms with Crippen LogP contribution >= 0.6 is 0 Å². The largest absolute Gasteiger partial charge is 0.390 e. The number of nitrogens with zero attached hydrogens (tertiary/aromatic N) is 4. The molecule has 5 nitrogen and oxygen atoms in total. The maximum atomic E-state index is 10.4. The minimum atomic E-state index is -0.303. The summed E-state index contributed by atoms with van der Waals surface area (Å²) >= 11 is 0. The van der Waals surface area contributed by atoms with Gasteiger partial charge < -0.3 is 10.0 Å². The Labute approximate surface area is 150 Å². The molecule has 1 aliphatic rings. The Balaban J connectivity index is 1.46. The Morgan fingerprint density at radius 1 is 1.24 bits per heavy atom. The highest BCUT2D eigenvalue weighted by Crippen LogP contribution is 2.16. The van der Waals surface area contributed by atoms with Gasteiger partial charge in [-0.2, -0.15) is 5.10 Å². The van der Waals surface area contributed by atoms with Gasteiger partial charge in [-0.15, -0.1) is 0 Å². The van der Waals surface area contributed by atoms with Crippen LogP contribution in [0, 0.1) is 5.92 Å². The van der Waals surface area contributed by atoms with Crippen LogP contribution in [0.3, 0.4) is 0 Å². The van der Waals surface area contributed by atoms with Crippen LogP contribution in [0.25, 0.3) is 5.69 Å². The van der Waals surface area contributed by atoms with Gasteiger partial charge in [0.25, 0.3) is 0 Å². The van der Waals surface area contributed by atoms with E-state index >= 15 is 0 Å². The van der Waals surface area contributed by atoms with Crippen LogP contribution in [-0.4, -0.2) is 64.0 Å². The molecule has 1 atom stereocenters. The molecule has 2 aromatic rings. The Morgan fingerprint density at radius 2 is 1.96 bits per heavy atom. The van der Waals surface area contributed by atoms with Crippen LogP contribution in [0.5, 0.6) is 0 Å². The molecule has 0 spiro atoms. The summed E-state index contributed by atoms with van der Waals surface area (Å²) in [7, 11) is 2.06. The van der Waals surface area contributed by atoms with E-state index in [4.69, 9.17) is 0 Å². The number of para-hydroxylation sites is 1. The molecule has 0 amide bonds. The molecule has 5 heteroatoms. The van der Waals surface area contributed by atoms with Crippen LogP contribution in [0.4, 0.5) is 0 Å². The smallest absolute Gasteiger partial charge is 0.0793 e. The van der Waals surface area contributed by atoms with Gasteiger partial charge in [0.1, 0.15) is 0 Å². The van der Waals surface area contributed by atoms with E-state index in [9.17, 15) is 5.11 Å². The van der Waals surface area contributed by atoms with Crippen LogP contribution in [0.1, 0.15) is 25.3 Å². The van der Waals surface area contributed by atoms with Crippen molar-refractivity contribution in [2.24, 2.45) is 5.92 Å². The number of likely N-dealkylation sites (tertiary alicyclic amines) is 1. The van der Waals surface area contributed by atoms with E-state index in [2.05, 4.69) is 35.1 Å². The highest BCUT2D eigenvalue weighted by molar-refractivity contribution is 5.30. The van der Waals surface area contributed by atoms with Gasteiger partial charge in [-0.3, -0.25) is 4.90 Å². The normalized spacial score (nSPS) is 17.9. The molecular weight excluding hydrogens is 312 g/mol. The minimum absolute atomic E-state index is 0.303. The first-order valence-corrected chi connectivity index (χ1v) is 9.28. The summed E-state index contributed by atoms with van der Waals surface area (Å²) in [5.41, 5.74) is 2.22. The fourth-order valence-corrected chi connectivity index (χ4v) is 3.50. The van der Waals surface area contributed by atoms with E-state index < -0.39 is 0 Å². The molecule has 1 aromatic heterocycles. The van der Waals surface area contributed by atoms with Crippen molar-refractivity contribution in [3.63, 3.8) is 0 Å². The minimum Gasteiger partial charge on any atom is -0.390 e. The first-order chi connectivity index (χ1) is 12.1. The van der Waals surface area contributed by atoms with E-state index in [1.807, 2.05) is 41.2 Å². The lowest BCUT2D eigenvalue weighted by molar-refractivity contribution is 0.0662. The standard InChI is InChI=1S/C20H30N4O/c1-17-8-10-23(11-9-17)16-20(25)15-22(2)13-18-12-21-24(14-18)19-6-4-3-5-7-19/h3-7,12,14,17,20,25H,8-11,13,15-16H2,1-2H3. The lowest BCUT2D eigenvalue weighted by Gasteiger charge is -2.32. The molecule has 0 aliphatic carbocycles. The summed E-state index contributed by atoms with van der Waals surface area (Å²) in [5, 5.41) is 14.8. The van der Waals surface area contributed by atoms with Gasteiger partial charge in [0.15, 0.2) is 0 Å². The van der Waals surface area contributed by atoms with Crippen molar-refractivity contribution in [2.45, 2.75) is 32.4 Å². The number of aliphatic hydroxyl groups is 1. The highest BCUT2D eigenvalue weighted by atomic mass is 16.3. The van der Waals surface area contributed by atoms with Crippen molar-refractivity contribution >= 4 is 0 Å². The maximum Gasteiger partial charge on any atom is 0.0793 e. The molecule has 25 heavy (non-hydrogen) atoms. The summed E-state index contributed by atoms with van der Waals surface area (Å²) in [6.45, 7) is 6.80. The zero-order chi connectivity index (χ0) is 17.6. The van der Waals surface area contributed by atoms with E-state index in [-0.39, 0.29) is 6.10 Å². The Kier molecular flexibility index (Phi) is 6.24. The van der Waals surface area contributed by atoms with Gasteiger partial charge in [0, 0.05) is 31.4 Å². The fraction of sp³-hybridized carbons (Fsp3) is 0.550. The predicted molar refractivity (Wildman–Crippen MR) is 101 cm³/mol. The number of β-amino-alcohol motifs (C(OH)–C–C–N with tert-alkyl or cyclic N) is 1. The zero-order valence-electron chi connectivity index (χ0n) is 15.4. The molecular formula is C20H30N4O. The first-order valence-electron chi connectivity index (χ1n) is 9.28. The second-order valence-corrected chi connectivity index (χ2v) is 7.46. The Morgan fingerprint density at radius 3 is 2.68 bits per heavy atom.